The molecule has 0 saturated carbocycles. The SMILES string of the molecule is O=C(c1ccc2c(c1)N(Cc1ccc(Cl)cc1)C(=O)c1ccccc1[S@]2=O)N(C[C@@H]1CC=CCC1)C[C@H]1CCCO1. The number of hydrogen-bond acceptors (Lipinski definition) is 4. The molecule has 3 atom stereocenters. The Kier molecular flexibility index (Phi) is 8.37. The number of ether oxygens (including phenoxy) is 1. The molecule has 2 aliphatic heterocycles. The molecule has 8 heteroatoms. The molecule has 0 unspecified atom stereocenters. The topological polar surface area (TPSA) is 66.9 Å². The van der Waals surface area contributed by atoms with Gasteiger partial charge in [-0.3, -0.25) is 9.59 Å². The summed E-state index contributed by atoms with van der Waals surface area (Å²) in [6.07, 6.45) is 9.43. The third kappa shape index (κ3) is 6.03. The summed E-state index contributed by atoms with van der Waals surface area (Å²) >= 11 is 6.12. The monoisotopic (exact) mass is 588 g/mol. The third-order valence-corrected chi connectivity index (χ3v) is 9.86. The summed E-state index contributed by atoms with van der Waals surface area (Å²) < 4.78 is 19.7. The normalized spacial score (nSPS) is 21.7. The van der Waals surface area contributed by atoms with Crippen molar-refractivity contribution in [3.05, 3.63) is 101 Å². The standard InChI is InChI=1S/C33H33ClN2O4S/c34-26-15-12-24(13-16-26)21-36-29-19-25(14-17-31(29)41(39)30-11-5-4-10-28(30)33(36)38)32(37)35(22-27-9-6-18-40-27)20-23-7-2-1-3-8-23/h1-2,4-5,10-17,19,23,27H,3,6-9,18,20-22H2/t23-,27-,41-/m1/s1. The van der Waals surface area contributed by atoms with Gasteiger partial charge in [0.25, 0.3) is 11.8 Å². The second kappa shape index (κ2) is 12.3. The summed E-state index contributed by atoms with van der Waals surface area (Å²) in [7, 11) is -1.59. The van der Waals surface area contributed by atoms with Gasteiger partial charge in [0.05, 0.1) is 44.5 Å². The number of halogens is 1. The minimum absolute atomic E-state index is 0.0314. The van der Waals surface area contributed by atoms with Gasteiger partial charge in [-0.1, -0.05) is 48.0 Å². The molecule has 2 heterocycles. The largest absolute Gasteiger partial charge is 0.376 e. The first-order chi connectivity index (χ1) is 20.0. The molecule has 0 bridgehead atoms. The van der Waals surface area contributed by atoms with Crippen molar-refractivity contribution in [2.24, 2.45) is 5.92 Å². The van der Waals surface area contributed by atoms with E-state index in [2.05, 4.69) is 12.2 Å². The maximum atomic E-state index is 14.1. The van der Waals surface area contributed by atoms with E-state index in [4.69, 9.17) is 16.3 Å². The Labute approximate surface area is 248 Å². The quantitative estimate of drug-likeness (QED) is 0.290. The lowest BCUT2D eigenvalue weighted by molar-refractivity contribution is 0.0483. The average Bonchev–Trinajstić information content (AvgIpc) is 3.50. The van der Waals surface area contributed by atoms with E-state index in [0.29, 0.717) is 50.6 Å². The summed E-state index contributed by atoms with van der Waals surface area (Å²) in [4.78, 5) is 32.6. The Morgan fingerprint density at radius 2 is 1.83 bits per heavy atom. The molecule has 1 saturated heterocycles. The summed E-state index contributed by atoms with van der Waals surface area (Å²) in [5.74, 6) is 0.0536. The number of nitrogens with zero attached hydrogens (tertiary/aromatic N) is 2. The maximum absolute atomic E-state index is 14.1. The number of fused-ring (bicyclic) bond motifs is 2. The molecule has 0 aromatic heterocycles. The Morgan fingerprint density at radius 1 is 1.00 bits per heavy atom. The molecule has 6 nitrogen and oxygen atoms in total. The molecule has 2 amide bonds. The first-order valence-electron chi connectivity index (χ1n) is 14.2. The van der Waals surface area contributed by atoms with E-state index >= 15 is 0 Å². The lowest BCUT2D eigenvalue weighted by Crippen LogP contribution is -2.41. The Balaban J connectivity index is 1.38. The Bertz CT molecular complexity index is 1500. The van der Waals surface area contributed by atoms with Gasteiger partial charge in [-0.2, -0.15) is 0 Å². The Hall–Kier alpha value is -3.26. The second-order valence-corrected chi connectivity index (χ2v) is 12.8. The van der Waals surface area contributed by atoms with E-state index < -0.39 is 10.8 Å². The number of amides is 2. The van der Waals surface area contributed by atoms with Crippen molar-refractivity contribution < 1.29 is 18.5 Å². The molecule has 3 aromatic carbocycles. The van der Waals surface area contributed by atoms with Crippen LogP contribution in [0.1, 0.15) is 58.4 Å². The zero-order valence-electron chi connectivity index (χ0n) is 22.8. The highest BCUT2D eigenvalue weighted by Gasteiger charge is 2.33. The van der Waals surface area contributed by atoms with E-state index in [9.17, 15) is 13.8 Å². The minimum Gasteiger partial charge on any atom is -0.376 e. The predicted molar refractivity (Wildman–Crippen MR) is 161 cm³/mol. The van der Waals surface area contributed by atoms with Crippen LogP contribution in [0.4, 0.5) is 5.69 Å². The van der Waals surface area contributed by atoms with Gasteiger partial charge < -0.3 is 14.5 Å². The van der Waals surface area contributed by atoms with Crippen LogP contribution in [0.25, 0.3) is 0 Å². The van der Waals surface area contributed by atoms with Crippen molar-refractivity contribution in [3.8, 4) is 0 Å². The number of hydrogen-bond donors (Lipinski definition) is 0. The van der Waals surface area contributed by atoms with Crippen LogP contribution in [0.5, 0.6) is 0 Å². The van der Waals surface area contributed by atoms with Gasteiger partial charge in [0.2, 0.25) is 0 Å². The van der Waals surface area contributed by atoms with Crippen molar-refractivity contribution >= 4 is 39.9 Å². The molecule has 1 fully saturated rings. The van der Waals surface area contributed by atoms with Crippen molar-refractivity contribution in [3.63, 3.8) is 0 Å². The summed E-state index contributed by atoms with van der Waals surface area (Å²) in [5.41, 5.74) is 2.24. The van der Waals surface area contributed by atoms with Gasteiger partial charge in [-0.05, 0) is 86.1 Å². The lowest BCUT2D eigenvalue weighted by atomic mass is 9.93. The predicted octanol–water partition coefficient (Wildman–Crippen LogP) is 6.64. The highest BCUT2D eigenvalue weighted by atomic mass is 35.5. The Morgan fingerprint density at radius 3 is 2.59 bits per heavy atom. The highest BCUT2D eigenvalue weighted by molar-refractivity contribution is 7.85. The molecule has 41 heavy (non-hydrogen) atoms. The van der Waals surface area contributed by atoms with Gasteiger partial charge in [0, 0.05) is 30.3 Å². The maximum Gasteiger partial charge on any atom is 0.259 e. The van der Waals surface area contributed by atoms with Crippen LogP contribution in [0.3, 0.4) is 0 Å². The second-order valence-electron chi connectivity index (χ2n) is 11.0. The fourth-order valence-corrected chi connectivity index (χ4v) is 7.39. The molecule has 6 rings (SSSR count). The molecular formula is C33H33ClN2O4S. The van der Waals surface area contributed by atoms with Crippen molar-refractivity contribution in [2.45, 2.75) is 54.5 Å². The fraction of sp³-hybridized carbons (Fsp3) is 0.333. The molecule has 0 N–H and O–H groups in total. The number of carbonyl (C=O) groups is 2. The van der Waals surface area contributed by atoms with Crippen LogP contribution in [0.2, 0.25) is 5.02 Å². The van der Waals surface area contributed by atoms with Crippen LogP contribution >= 0.6 is 11.6 Å². The van der Waals surface area contributed by atoms with Gasteiger partial charge in [0.15, 0.2) is 0 Å². The third-order valence-electron chi connectivity index (χ3n) is 8.10. The number of anilines is 1. The summed E-state index contributed by atoms with van der Waals surface area (Å²) in [5, 5.41) is 0.607. The average molecular weight is 589 g/mol. The summed E-state index contributed by atoms with van der Waals surface area (Å²) in [6.45, 7) is 2.18. The van der Waals surface area contributed by atoms with E-state index in [-0.39, 0.29) is 24.5 Å². The van der Waals surface area contributed by atoms with Gasteiger partial charge in [-0.15, -0.1) is 0 Å². The smallest absolute Gasteiger partial charge is 0.259 e. The van der Waals surface area contributed by atoms with Crippen molar-refractivity contribution in [1.29, 1.82) is 0 Å². The molecule has 1 aliphatic carbocycles. The molecule has 212 valence electrons. The lowest BCUT2D eigenvalue weighted by Gasteiger charge is -2.31. The number of carbonyl (C=O) groups excluding carboxylic acids is 2. The van der Waals surface area contributed by atoms with E-state index in [1.54, 1.807) is 59.5 Å². The zero-order valence-corrected chi connectivity index (χ0v) is 24.4. The zero-order chi connectivity index (χ0) is 28.3. The number of allylic oxidation sites excluding steroid dienone is 2. The fourth-order valence-electron chi connectivity index (χ4n) is 5.92. The number of rotatable bonds is 7. The van der Waals surface area contributed by atoms with E-state index in [1.807, 2.05) is 17.0 Å². The van der Waals surface area contributed by atoms with Crippen LogP contribution < -0.4 is 4.90 Å². The molecule has 3 aliphatic rings. The minimum atomic E-state index is -1.59. The van der Waals surface area contributed by atoms with Crippen LogP contribution in [0.15, 0.2) is 88.7 Å². The molecule has 0 spiro atoms. The van der Waals surface area contributed by atoms with Gasteiger partial charge >= 0.3 is 0 Å². The summed E-state index contributed by atoms with van der Waals surface area (Å²) in [6, 6.07) is 19.6. The van der Waals surface area contributed by atoms with Gasteiger partial charge in [-0.25, -0.2) is 4.21 Å². The highest BCUT2D eigenvalue weighted by Crippen LogP contribution is 2.36. The first-order valence-corrected chi connectivity index (χ1v) is 15.8. The molecule has 3 aromatic rings. The van der Waals surface area contributed by atoms with Gasteiger partial charge in [0.1, 0.15) is 0 Å². The molecular weight excluding hydrogens is 556 g/mol. The van der Waals surface area contributed by atoms with Crippen molar-refractivity contribution in [2.75, 3.05) is 24.6 Å². The van der Waals surface area contributed by atoms with Crippen LogP contribution in [0, 0.1) is 5.92 Å². The number of benzene rings is 3. The van der Waals surface area contributed by atoms with Crippen LogP contribution in [-0.2, 0) is 22.1 Å². The first kappa shape index (κ1) is 27.9. The van der Waals surface area contributed by atoms with E-state index in [1.165, 1.54) is 0 Å². The van der Waals surface area contributed by atoms with E-state index in [0.717, 1.165) is 44.3 Å². The van der Waals surface area contributed by atoms with Crippen molar-refractivity contribution in [1.82, 2.24) is 4.90 Å². The van der Waals surface area contributed by atoms with Crippen LogP contribution in [-0.4, -0.2) is 46.7 Å². The molecule has 0 radical (unpaired) electrons.